The molecule has 1 aliphatic rings. The van der Waals surface area contributed by atoms with Crippen molar-refractivity contribution in [1.29, 1.82) is 0 Å². The van der Waals surface area contributed by atoms with Gasteiger partial charge in [0.2, 0.25) is 0 Å². The molecule has 106 valence electrons. The van der Waals surface area contributed by atoms with Crippen LogP contribution >= 0.6 is 0 Å². The minimum absolute atomic E-state index is 0.145. The summed E-state index contributed by atoms with van der Waals surface area (Å²) in [7, 11) is 0. The average molecular weight is 262 g/mol. The molecule has 1 aliphatic heterocycles. The zero-order chi connectivity index (χ0) is 13.9. The summed E-state index contributed by atoms with van der Waals surface area (Å²) in [6.07, 6.45) is 2.31. The molecule has 0 aliphatic carbocycles. The maximum absolute atomic E-state index is 5.77. The van der Waals surface area contributed by atoms with Gasteiger partial charge in [0.1, 0.15) is 5.75 Å². The Balaban J connectivity index is 2.27. The minimum atomic E-state index is 0.145. The maximum atomic E-state index is 5.77. The molecule has 3 heteroatoms. The lowest BCUT2D eigenvalue weighted by atomic mass is 9.85. The first-order chi connectivity index (χ1) is 9.11. The van der Waals surface area contributed by atoms with Crippen LogP contribution in [0.1, 0.15) is 33.6 Å². The third kappa shape index (κ3) is 2.71. The van der Waals surface area contributed by atoms with Gasteiger partial charge in [-0.1, -0.05) is 12.1 Å². The second kappa shape index (κ2) is 5.83. The Bertz CT molecular complexity index is 417. The first kappa shape index (κ1) is 14.2. The largest absolute Gasteiger partial charge is 0.492 e. The Morgan fingerprint density at radius 3 is 2.79 bits per heavy atom. The molecule has 1 aromatic carbocycles. The second-order valence-electron chi connectivity index (χ2n) is 5.77. The molecule has 3 nitrogen and oxygen atoms in total. The Hall–Kier alpha value is -1.22. The summed E-state index contributed by atoms with van der Waals surface area (Å²) in [6, 6.07) is 8.35. The van der Waals surface area contributed by atoms with E-state index in [1.807, 2.05) is 13.0 Å². The molecule has 1 heterocycles. The molecule has 2 N–H and O–H groups in total. The standard InChI is InChI=1S/C16H26N2O/c1-4-19-15-8-6-5-7-14(15)18-12-10-13(9-11-17)16(18,2)3/h5-8,13H,4,9-12,17H2,1-3H3. The third-order valence-corrected chi connectivity index (χ3v) is 4.37. The number of nitrogens with two attached hydrogens (primary N) is 1. The van der Waals surface area contributed by atoms with Gasteiger partial charge < -0.3 is 15.4 Å². The molecule has 0 radical (unpaired) electrons. The van der Waals surface area contributed by atoms with Crippen LogP contribution in [0, 0.1) is 5.92 Å². The monoisotopic (exact) mass is 262 g/mol. The lowest BCUT2D eigenvalue weighted by molar-refractivity contribution is 0.328. The number of benzene rings is 1. The molecule has 0 amide bonds. The maximum Gasteiger partial charge on any atom is 0.142 e. The van der Waals surface area contributed by atoms with Crippen LogP contribution in [0.25, 0.3) is 0 Å². The van der Waals surface area contributed by atoms with Crippen molar-refractivity contribution in [2.75, 3.05) is 24.6 Å². The zero-order valence-electron chi connectivity index (χ0n) is 12.4. The van der Waals surface area contributed by atoms with Crippen LogP contribution in [0.5, 0.6) is 5.75 Å². The highest BCUT2D eigenvalue weighted by atomic mass is 16.5. The van der Waals surface area contributed by atoms with E-state index >= 15 is 0 Å². The number of para-hydroxylation sites is 2. The molecular weight excluding hydrogens is 236 g/mol. The Morgan fingerprint density at radius 2 is 2.11 bits per heavy atom. The van der Waals surface area contributed by atoms with Gasteiger partial charge in [0, 0.05) is 12.1 Å². The van der Waals surface area contributed by atoms with Crippen molar-refractivity contribution in [2.45, 2.75) is 39.2 Å². The van der Waals surface area contributed by atoms with Gasteiger partial charge in [0.25, 0.3) is 0 Å². The molecule has 2 rings (SSSR count). The lowest BCUT2D eigenvalue weighted by Gasteiger charge is -2.38. The summed E-state index contributed by atoms with van der Waals surface area (Å²) in [6.45, 7) is 9.24. The zero-order valence-corrected chi connectivity index (χ0v) is 12.4. The molecule has 0 aromatic heterocycles. The Morgan fingerprint density at radius 1 is 1.37 bits per heavy atom. The molecule has 1 fully saturated rings. The fraction of sp³-hybridized carbons (Fsp3) is 0.625. The van der Waals surface area contributed by atoms with E-state index in [0.29, 0.717) is 12.5 Å². The number of nitrogens with zero attached hydrogens (tertiary/aromatic N) is 1. The van der Waals surface area contributed by atoms with Crippen LogP contribution < -0.4 is 15.4 Å². The van der Waals surface area contributed by atoms with Crippen molar-refractivity contribution in [2.24, 2.45) is 11.7 Å². The van der Waals surface area contributed by atoms with Gasteiger partial charge in [-0.15, -0.1) is 0 Å². The van der Waals surface area contributed by atoms with Crippen LogP contribution in [0.15, 0.2) is 24.3 Å². The Kier molecular flexibility index (Phi) is 4.35. The van der Waals surface area contributed by atoms with Crippen molar-refractivity contribution in [3.05, 3.63) is 24.3 Å². The van der Waals surface area contributed by atoms with Gasteiger partial charge in [0.05, 0.1) is 12.3 Å². The van der Waals surface area contributed by atoms with Crippen LogP contribution in [-0.4, -0.2) is 25.2 Å². The van der Waals surface area contributed by atoms with Crippen LogP contribution in [0.3, 0.4) is 0 Å². The predicted octanol–water partition coefficient (Wildman–Crippen LogP) is 3.04. The van der Waals surface area contributed by atoms with Crippen LogP contribution in [0.4, 0.5) is 5.69 Å². The van der Waals surface area contributed by atoms with E-state index in [2.05, 4.69) is 36.9 Å². The van der Waals surface area contributed by atoms with Gasteiger partial charge in [-0.3, -0.25) is 0 Å². The van der Waals surface area contributed by atoms with E-state index in [1.165, 1.54) is 12.1 Å². The fourth-order valence-electron chi connectivity index (χ4n) is 3.23. The average Bonchev–Trinajstić information content (AvgIpc) is 2.67. The molecule has 1 unspecified atom stereocenters. The molecular formula is C16H26N2O. The fourth-order valence-corrected chi connectivity index (χ4v) is 3.23. The predicted molar refractivity (Wildman–Crippen MR) is 80.8 cm³/mol. The molecule has 0 spiro atoms. The highest BCUT2D eigenvalue weighted by Crippen LogP contribution is 2.42. The van der Waals surface area contributed by atoms with E-state index in [0.717, 1.165) is 25.3 Å². The summed E-state index contributed by atoms with van der Waals surface area (Å²) in [5, 5.41) is 0. The quantitative estimate of drug-likeness (QED) is 0.886. The van der Waals surface area contributed by atoms with E-state index in [-0.39, 0.29) is 5.54 Å². The molecule has 19 heavy (non-hydrogen) atoms. The minimum Gasteiger partial charge on any atom is -0.492 e. The highest BCUT2D eigenvalue weighted by Gasteiger charge is 2.41. The Labute approximate surface area is 116 Å². The summed E-state index contributed by atoms with van der Waals surface area (Å²) < 4.78 is 5.77. The smallest absolute Gasteiger partial charge is 0.142 e. The van der Waals surface area contributed by atoms with Crippen LogP contribution in [0.2, 0.25) is 0 Å². The van der Waals surface area contributed by atoms with E-state index in [9.17, 15) is 0 Å². The van der Waals surface area contributed by atoms with Gasteiger partial charge in [-0.2, -0.15) is 0 Å². The number of ether oxygens (including phenoxy) is 1. The van der Waals surface area contributed by atoms with Gasteiger partial charge >= 0.3 is 0 Å². The topological polar surface area (TPSA) is 38.5 Å². The van der Waals surface area contributed by atoms with Gasteiger partial charge in [-0.25, -0.2) is 0 Å². The van der Waals surface area contributed by atoms with Crippen molar-refractivity contribution in [3.8, 4) is 5.75 Å². The molecule has 1 atom stereocenters. The summed E-state index contributed by atoms with van der Waals surface area (Å²) in [5.41, 5.74) is 7.11. The number of hydrogen-bond donors (Lipinski definition) is 1. The summed E-state index contributed by atoms with van der Waals surface area (Å²) in [5.74, 6) is 1.65. The van der Waals surface area contributed by atoms with Crippen LogP contribution in [-0.2, 0) is 0 Å². The number of anilines is 1. The van der Waals surface area contributed by atoms with Crippen molar-refractivity contribution in [1.82, 2.24) is 0 Å². The SMILES string of the molecule is CCOc1ccccc1N1CCC(CCN)C1(C)C. The number of hydrogen-bond acceptors (Lipinski definition) is 3. The summed E-state index contributed by atoms with van der Waals surface area (Å²) >= 11 is 0. The van der Waals surface area contributed by atoms with Crippen molar-refractivity contribution in [3.63, 3.8) is 0 Å². The van der Waals surface area contributed by atoms with Gasteiger partial charge in [0.15, 0.2) is 0 Å². The number of rotatable bonds is 5. The normalized spacial score (nSPS) is 21.7. The van der Waals surface area contributed by atoms with Crippen molar-refractivity contribution < 1.29 is 4.74 Å². The second-order valence-corrected chi connectivity index (χ2v) is 5.77. The van der Waals surface area contributed by atoms with E-state index in [1.54, 1.807) is 0 Å². The first-order valence-corrected chi connectivity index (χ1v) is 7.30. The van der Waals surface area contributed by atoms with E-state index < -0.39 is 0 Å². The first-order valence-electron chi connectivity index (χ1n) is 7.30. The lowest BCUT2D eigenvalue weighted by Crippen LogP contribution is -2.43. The van der Waals surface area contributed by atoms with Crippen molar-refractivity contribution >= 4 is 5.69 Å². The molecule has 1 saturated heterocycles. The summed E-state index contributed by atoms with van der Waals surface area (Å²) in [4.78, 5) is 2.48. The molecule has 0 bridgehead atoms. The highest BCUT2D eigenvalue weighted by molar-refractivity contribution is 5.61. The molecule has 0 saturated carbocycles. The van der Waals surface area contributed by atoms with Gasteiger partial charge in [-0.05, 0) is 58.2 Å². The molecule has 1 aromatic rings. The van der Waals surface area contributed by atoms with E-state index in [4.69, 9.17) is 10.5 Å². The third-order valence-electron chi connectivity index (χ3n) is 4.37.